The maximum Gasteiger partial charge on any atom is 0.0433 e. The molecule has 1 N–H and O–H groups in total. The van der Waals surface area contributed by atoms with Crippen molar-refractivity contribution in [1.82, 2.24) is 4.90 Å². The molecule has 2 heteroatoms. The third-order valence-corrected chi connectivity index (χ3v) is 2.85. The second-order valence-electron chi connectivity index (χ2n) is 3.73. The second-order valence-corrected chi connectivity index (χ2v) is 3.73. The molecule has 1 saturated heterocycles. The molecule has 1 aliphatic rings. The zero-order valence-electron chi connectivity index (χ0n) is 7.58. The van der Waals surface area contributed by atoms with E-state index in [1.807, 2.05) is 0 Å². The maximum absolute atomic E-state index is 8.76. The number of likely N-dealkylation sites (tertiary alicyclic amines) is 1. The minimum Gasteiger partial charge on any atom is -0.396 e. The van der Waals surface area contributed by atoms with E-state index in [-0.39, 0.29) is 0 Å². The van der Waals surface area contributed by atoms with Gasteiger partial charge < -0.3 is 10.0 Å². The Morgan fingerprint density at radius 3 is 2.82 bits per heavy atom. The summed E-state index contributed by atoms with van der Waals surface area (Å²) in [6, 6.07) is 0.709. The van der Waals surface area contributed by atoms with Crippen molar-refractivity contribution in [3.05, 3.63) is 0 Å². The van der Waals surface area contributed by atoms with E-state index in [0.29, 0.717) is 12.6 Å². The van der Waals surface area contributed by atoms with Crippen molar-refractivity contribution in [2.45, 2.75) is 32.2 Å². The molecule has 0 amide bonds. The van der Waals surface area contributed by atoms with Gasteiger partial charge >= 0.3 is 0 Å². The summed E-state index contributed by atoms with van der Waals surface area (Å²) in [4.78, 5) is 2.40. The summed E-state index contributed by atoms with van der Waals surface area (Å²) >= 11 is 0. The Labute approximate surface area is 69.2 Å². The summed E-state index contributed by atoms with van der Waals surface area (Å²) < 4.78 is 0. The standard InChI is InChI=1S/C9H19NO/c1-8-7-9(4-6-11)3-5-10(8)2/h8-9,11H,3-7H2,1-2H3. The highest BCUT2D eigenvalue weighted by atomic mass is 16.3. The molecule has 0 saturated carbocycles. The van der Waals surface area contributed by atoms with Crippen LogP contribution in [-0.2, 0) is 0 Å². The van der Waals surface area contributed by atoms with Gasteiger partial charge in [0.05, 0.1) is 0 Å². The number of aliphatic hydroxyl groups excluding tert-OH is 1. The molecular formula is C9H19NO. The van der Waals surface area contributed by atoms with Gasteiger partial charge in [0.15, 0.2) is 0 Å². The molecule has 0 aromatic rings. The van der Waals surface area contributed by atoms with Gasteiger partial charge in [0.2, 0.25) is 0 Å². The van der Waals surface area contributed by atoms with Gasteiger partial charge in [-0.3, -0.25) is 0 Å². The van der Waals surface area contributed by atoms with Gasteiger partial charge in [-0.25, -0.2) is 0 Å². The molecular weight excluding hydrogens is 138 g/mol. The number of hydrogen-bond acceptors (Lipinski definition) is 2. The molecule has 0 radical (unpaired) electrons. The Morgan fingerprint density at radius 2 is 2.27 bits per heavy atom. The van der Waals surface area contributed by atoms with E-state index in [9.17, 15) is 0 Å². The second kappa shape index (κ2) is 4.07. The predicted molar refractivity (Wildman–Crippen MR) is 46.5 cm³/mol. The van der Waals surface area contributed by atoms with Crippen molar-refractivity contribution in [1.29, 1.82) is 0 Å². The number of nitrogens with zero attached hydrogens (tertiary/aromatic N) is 1. The molecule has 2 nitrogen and oxygen atoms in total. The molecule has 1 aliphatic heterocycles. The van der Waals surface area contributed by atoms with Crippen LogP contribution in [0.15, 0.2) is 0 Å². The fourth-order valence-corrected chi connectivity index (χ4v) is 1.83. The molecule has 2 atom stereocenters. The largest absolute Gasteiger partial charge is 0.396 e. The highest BCUT2D eigenvalue weighted by Gasteiger charge is 2.21. The van der Waals surface area contributed by atoms with Gasteiger partial charge in [0.25, 0.3) is 0 Å². The van der Waals surface area contributed by atoms with Gasteiger partial charge in [0.1, 0.15) is 0 Å². The summed E-state index contributed by atoms with van der Waals surface area (Å²) in [5.41, 5.74) is 0. The molecule has 0 spiro atoms. The summed E-state index contributed by atoms with van der Waals surface area (Å²) in [7, 11) is 2.18. The number of rotatable bonds is 2. The smallest absolute Gasteiger partial charge is 0.0433 e. The first-order valence-electron chi connectivity index (χ1n) is 4.55. The highest BCUT2D eigenvalue weighted by molar-refractivity contribution is 4.76. The Bertz CT molecular complexity index is 116. The van der Waals surface area contributed by atoms with E-state index in [1.54, 1.807) is 0 Å². The van der Waals surface area contributed by atoms with Crippen molar-refractivity contribution >= 4 is 0 Å². The van der Waals surface area contributed by atoms with Crippen LogP contribution in [0.25, 0.3) is 0 Å². The molecule has 0 aromatic heterocycles. The first kappa shape index (κ1) is 9.01. The van der Waals surface area contributed by atoms with E-state index < -0.39 is 0 Å². The third kappa shape index (κ3) is 2.46. The van der Waals surface area contributed by atoms with Crippen LogP contribution in [-0.4, -0.2) is 36.2 Å². The summed E-state index contributed by atoms with van der Waals surface area (Å²) in [6.45, 7) is 3.83. The van der Waals surface area contributed by atoms with Crippen LogP contribution in [0, 0.1) is 5.92 Å². The van der Waals surface area contributed by atoms with Crippen molar-refractivity contribution in [3.8, 4) is 0 Å². The van der Waals surface area contributed by atoms with Crippen LogP contribution in [0.5, 0.6) is 0 Å². The number of aliphatic hydroxyl groups is 1. The molecule has 0 bridgehead atoms. The number of piperidine rings is 1. The predicted octanol–water partition coefficient (Wildman–Crippen LogP) is 1.10. The molecule has 1 heterocycles. The maximum atomic E-state index is 8.76. The van der Waals surface area contributed by atoms with Crippen molar-refractivity contribution in [2.75, 3.05) is 20.2 Å². The topological polar surface area (TPSA) is 23.5 Å². The Balaban J connectivity index is 2.28. The molecule has 1 rings (SSSR count). The fraction of sp³-hybridized carbons (Fsp3) is 1.00. The van der Waals surface area contributed by atoms with Crippen molar-refractivity contribution in [2.24, 2.45) is 5.92 Å². The summed E-state index contributed by atoms with van der Waals surface area (Å²) in [6.07, 6.45) is 3.52. The lowest BCUT2D eigenvalue weighted by Crippen LogP contribution is -2.37. The van der Waals surface area contributed by atoms with Crippen LogP contribution >= 0.6 is 0 Å². The van der Waals surface area contributed by atoms with Crippen LogP contribution < -0.4 is 0 Å². The van der Waals surface area contributed by atoms with E-state index in [2.05, 4.69) is 18.9 Å². The van der Waals surface area contributed by atoms with E-state index in [0.717, 1.165) is 12.3 Å². The summed E-state index contributed by atoms with van der Waals surface area (Å²) in [5.74, 6) is 0.770. The van der Waals surface area contributed by atoms with Crippen molar-refractivity contribution < 1.29 is 5.11 Å². The normalized spacial score (nSPS) is 34.1. The molecule has 11 heavy (non-hydrogen) atoms. The third-order valence-electron chi connectivity index (χ3n) is 2.85. The van der Waals surface area contributed by atoms with Crippen molar-refractivity contribution in [3.63, 3.8) is 0 Å². The number of hydrogen-bond donors (Lipinski definition) is 1. The van der Waals surface area contributed by atoms with E-state index in [1.165, 1.54) is 19.4 Å². The minimum absolute atomic E-state index is 0.362. The van der Waals surface area contributed by atoms with Crippen LogP contribution in [0.2, 0.25) is 0 Å². The first-order chi connectivity index (χ1) is 5.24. The fourth-order valence-electron chi connectivity index (χ4n) is 1.83. The average Bonchev–Trinajstić information content (AvgIpc) is 1.98. The average molecular weight is 157 g/mol. The van der Waals surface area contributed by atoms with Gasteiger partial charge in [0, 0.05) is 12.6 Å². The lowest BCUT2D eigenvalue weighted by Gasteiger charge is -2.34. The van der Waals surface area contributed by atoms with Crippen LogP contribution in [0.4, 0.5) is 0 Å². The zero-order valence-corrected chi connectivity index (χ0v) is 7.58. The van der Waals surface area contributed by atoms with Gasteiger partial charge in [-0.2, -0.15) is 0 Å². The van der Waals surface area contributed by atoms with Gasteiger partial charge in [-0.05, 0) is 45.7 Å². The Morgan fingerprint density at radius 1 is 1.55 bits per heavy atom. The Hall–Kier alpha value is -0.0800. The molecule has 0 aromatic carbocycles. The molecule has 66 valence electrons. The SMILES string of the molecule is CC1CC(CCO)CCN1C. The molecule has 2 unspecified atom stereocenters. The van der Waals surface area contributed by atoms with Crippen LogP contribution in [0.3, 0.4) is 0 Å². The molecule has 0 aliphatic carbocycles. The zero-order chi connectivity index (χ0) is 8.27. The summed E-state index contributed by atoms with van der Waals surface area (Å²) in [5, 5.41) is 8.76. The quantitative estimate of drug-likeness (QED) is 0.649. The monoisotopic (exact) mass is 157 g/mol. The highest BCUT2D eigenvalue weighted by Crippen LogP contribution is 2.23. The van der Waals surface area contributed by atoms with Crippen LogP contribution in [0.1, 0.15) is 26.2 Å². The lowest BCUT2D eigenvalue weighted by molar-refractivity contribution is 0.133. The Kier molecular flexibility index (Phi) is 3.34. The lowest BCUT2D eigenvalue weighted by atomic mass is 9.90. The first-order valence-corrected chi connectivity index (χ1v) is 4.55. The van der Waals surface area contributed by atoms with E-state index >= 15 is 0 Å². The van der Waals surface area contributed by atoms with Gasteiger partial charge in [-0.1, -0.05) is 0 Å². The molecule has 1 fully saturated rings. The van der Waals surface area contributed by atoms with Gasteiger partial charge in [-0.15, -0.1) is 0 Å². The van der Waals surface area contributed by atoms with E-state index in [4.69, 9.17) is 5.11 Å². The minimum atomic E-state index is 0.362.